The molecule has 0 bridgehead atoms. The number of piperidine rings is 1. The summed E-state index contributed by atoms with van der Waals surface area (Å²) in [6.45, 7) is 6.00. The van der Waals surface area contributed by atoms with Crippen molar-refractivity contribution < 1.29 is 5.11 Å². The highest BCUT2D eigenvalue weighted by Crippen LogP contribution is 2.27. The van der Waals surface area contributed by atoms with Gasteiger partial charge in [-0.3, -0.25) is 0 Å². The molecule has 26 heavy (non-hydrogen) atoms. The minimum atomic E-state index is -0.808. The zero-order valence-electron chi connectivity index (χ0n) is 15.9. The van der Waals surface area contributed by atoms with Crippen LogP contribution in [0.4, 0.5) is 0 Å². The van der Waals surface area contributed by atoms with Crippen LogP contribution in [0, 0.1) is 5.92 Å². The molecule has 0 radical (unpaired) electrons. The lowest BCUT2D eigenvalue weighted by Crippen LogP contribution is -2.27. The highest BCUT2D eigenvalue weighted by Gasteiger charge is 2.17. The summed E-state index contributed by atoms with van der Waals surface area (Å²) < 4.78 is 1.06. The lowest BCUT2D eigenvalue weighted by Gasteiger charge is -2.22. The van der Waals surface area contributed by atoms with Crippen LogP contribution < -0.4 is 5.32 Å². The van der Waals surface area contributed by atoms with Gasteiger partial charge < -0.3 is 10.4 Å². The number of halogens is 1. The first kappa shape index (κ1) is 19.6. The quantitative estimate of drug-likeness (QED) is 0.679. The van der Waals surface area contributed by atoms with Crippen molar-refractivity contribution in [2.45, 2.75) is 51.6 Å². The Morgan fingerprint density at radius 1 is 1.04 bits per heavy atom. The van der Waals surface area contributed by atoms with Crippen molar-refractivity contribution in [3.05, 3.63) is 69.2 Å². The Morgan fingerprint density at radius 3 is 2.31 bits per heavy atom. The van der Waals surface area contributed by atoms with Gasteiger partial charge in [-0.2, -0.15) is 0 Å². The van der Waals surface area contributed by atoms with E-state index in [1.54, 1.807) is 0 Å². The second-order valence-electron chi connectivity index (χ2n) is 8.09. The highest BCUT2D eigenvalue weighted by molar-refractivity contribution is 9.10. The van der Waals surface area contributed by atoms with Gasteiger partial charge in [-0.1, -0.05) is 52.3 Å². The highest BCUT2D eigenvalue weighted by atomic mass is 79.9. The first-order valence-electron chi connectivity index (χ1n) is 9.71. The van der Waals surface area contributed by atoms with Gasteiger partial charge in [-0.15, -0.1) is 0 Å². The second kappa shape index (κ2) is 8.69. The monoisotopic (exact) mass is 415 g/mol. The van der Waals surface area contributed by atoms with Crippen LogP contribution in [-0.2, 0) is 18.4 Å². The average molecular weight is 416 g/mol. The summed E-state index contributed by atoms with van der Waals surface area (Å²) in [6.07, 6.45) is 6.06. The number of benzene rings is 2. The lowest BCUT2D eigenvalue weighted by molar-refractivity contribution is 0.0785. The van der Waals surface area contributed by atoms with Gasteiger partial charge in [-0.05, 0) is 93.3 Å². The zero-order chi connectivity index (χ0) is 18.6. The molecule has 2 aromatic rings. The van der Waals surface area contributed by atoms with E-state index in [-0.39, 0.29) is 0 Å². The molecule has 1 heterocycles. The van der Waals surface area contributed by atoms with E-state index in [1.165, 1.54) is 55.5 Å². The third-order valence-electron chi connectivity index (χ3n) is 5.48. The fourth-order valence-corrected chi connectivity index (χ4v) is 4.18. The Labute approximate surface area is 166 Å². The largest absolute Gasteiger partial charge is 0.386 e. The third-order valence-corrected chi connectivity index (χ3v) is 6.22. The van der Waals surface area contributed by atoms with Crippen LogP contribution >= 0.6 is 15.9 Å². The number of rotatable bonds is 6. The molecule has 0 unspecified atom stereocenters. The Hall–Kier alpha value is -1.16. The molecule has 1 aliphatic heterocycles. The van der Waals surface area contributed by atoms with Crippen molar-refractivity contribution in [2.75, 3.05) is 13.1 Å². The zero-order valence-corrected chi connectivity index (χ0v) is 17.5. The van der Waals surface area contributed by atoms with Gasteiger partial charge in [0.25, 0.3) is 0 Å². The van der Waals surface area contributed by atoms with Crippen molar-refractivity contribution in [1.82, 2.24) is 5.32 Å². The van der Waals surface area contributed by atoms with Crippen molar-refractivity contribution >= 4 is 15.9 Å². The molecule has 1 fully saturated rings. The summed E-state index contributed by atoms with van der Waals surface area (Å²) >= 11 is 3.66. The van der Waals surface area contributed by atoms with Crippen molar-refractivity contribution in [3.63, 3.8) is 0 Å². The van der Waals surface area contributed by atoms with Crippen LogP contribution in [0.2, 0.25) is 0 Å². The number of aliphatic hydroxyl groups is 1. The predicted molar refractivity (Wildman–Crippen MR) is 113 cm³/mol. The van der Waals surface area contributed by atoms with E-state index in [9.17, 15) is 5.11 Å². The van der Waals surface area contributed by atoms with Crippen LogP contribution in [0.5, 0.6) is 0 Å². The molecule has 0 aromatic heterocycles. The molecule has 0 aliphatic carbocycles. The maximum absolute atomic E-state index is 10.1. The maximum Gasteiger partial charge on any atom is 0.0840 e. The summed E-state index contributed by atoms with van der Waals surface area (Å²) in [5, 5.41) is 13.6. The number of nitrogens with one attached hydrogen (secondary N) is 1. The van der Waals surface area contributed by atoms with Crippen LogP contribution in [0.1, 0.15) is 55.4 Å². The summed E-state index contributed by atoms with van der Waals surface area (Å²) in [6, 6.07) is 15.3. The van der Waals surface area contributed by atoms with Crippen LogP contribution in [0.15, 0.2) is 46.9 Å². The number of hydrogen-bond acceptors (Lipinski definition) is 2. The molecule has 2 N–H and O–H groups in total. The molecule has 0 saturated carbocycles. The van der Waals surface area contributed by atoms with Gasteiger partial charge in [0.15, 0.2) is 0 Å². The smallest absolute Gasteiger partial charge is 0.0840 e. The molecular weight excluding hydrogens is 386 g/mol. The second-order valence-corrected chi connectivity index (χ2v) is 8.94. The van der Waals surface area contributed by atoms with Crippen molar-refractivity contribution in [1.29, 1.82) is 0 Å². The van der Waals surface area contributed by atoms with E-state index in [0.717, 1.165) is 22.4 Å². The minimum absolute atomic E-state index is 0.808. The van der Waals surface area contributed by atoms with Crippen molar-refractivity contribution in [2.24, 2.45) is 5.92 Å². The molecule has 0 amide bonds. The Bertz CT molecular complexity index is 712. The first-order chi connectivity index (χ1) is 12.4. The molecule has 1 saturated heterocycles. The van der Waals surface area contributed by atoms with Gasteiger partial charge >= 0.3 is 0 Å². The van der Waals surface area contributed by atoms with Gasteiger partial charge in [0.2, 0.25) is 0 Å². The van der Waals surface area contributed by atoms with Crippen LogP contribution in [-0.4, -0.2) is 18.2 Å². The van der Waals surface area contributed by atoms with E-state index >= 15 is 0 Å². The normalized spacial score (nSPS) is 16.0. The predicted octanol–water partition coefficient (Wildman–Crippen LogP) is 5.20. The third kappa shape index (κ3) is 5.42. The van der Waals surface area contributed by atoms with E-state index in [0.29, 0.717) is 0 Å². The van der Waals surface area contributed by atoms with Crippen LogP contribution in [0.3, 0.4) is 0 Å². The molecule has 0 atom stereocenters. The average Bonchev–Trinajstić information content (AvgIpc) is 2.63. The van der Waals surface area contributed by atoms with Gasteiger partial charge in [-0.25, -0.2) is 0 Å². The molecule has 0 spiro atoms. The summed E-state index contributed by atoms with van der Waals surface area (Å²) in [5.74, 6) is 0.890. The SMILES string of the molecule is CC(C)(O)c1ccc(Cc2ccc(CCC3CCNCC3)cc2)c(Br)c1. The molecule has 3 heteroatoms. The Balaban J connectivity index is 1.58. The van der Waals surface area contributed by atoms with Crippen LogP contribution in [0.25, 0.3) is 0 Å². The lowest BCUT2D eigenvalue weighted by atomic mass is 9.91. The maximum atomic E-state index is 10.1. The Kier molecular flexibility index (Phi) is 6.55. The fourth-order valence-electron chi connectivity index (χ4n) is 3.66. The van der Waals surface area contributed by atoms with Gasteiger partial charge in [0.1, 0.15) is 0 Å². The molecule has 3 rings (SSSR count). The number of hydrogen-bond donors (Lipinski definition) is 2. The number of aryl methyl sites for hydroxylation is 1. The van der Waals surface area contributed by atoms with Gasteiger partial charge in [0.05, 0.1) is 5.60 Å². The fraction of sp³-hybridized carbons (Fsp3) is 0.478. The molecule has 2 nitrogen and oxygen atoms in total. The minimum Gasteiger partial charge on any atom is -0.386 e. The van der Waals surface area contributed by atoms with E-state index < -0.39 is 5.60 Å². The Morgan fingerprint density at radius 2 is 1.69 bits per heavy atom. The molecule has 1 aliphatic rings. The van der Waals surface area contributed by atoms with Crippen molar-refractivity contribution in [3.8, 4) is 0 Å². The molecular formula is C23H30BrNO. The van der Waals surface area contributed by atoms with E-state index in [2.05, 4.69) is 51.6 Å². The van der Waals surface area contributed by atoms with E-state index in [4.69, 9.17) is 0 Å². The summed E-state index contributed by atoms with van der Waals surface area (Å²) in [5.41, 5.74) is 4.15. The molecule has 2 aromatic carbocycles. The summed E-state index contributed by atoms with van der Waals surface area (Å²) in [7, 11) is 0. The standard InChI is InChI=1S/C23H30BrNO/c1-23(2,26)21-10-9-20(22(24)16-21)15-19-7-5-17(6-8-19)3-4-18-11-13-25-14-12-18/h5-10,16,18,25-26H,3-4,11-15H2,1-2H3. The summed E-state index contributed by atoms with van der Waals surface area (Å²) in [4.78, 5) is 0. The van der Waals surface area contributed by atoms with E-state index in [1.807, 2.05) is 26.0 Å². The molecule has 140 valence electrons. The van der Waals surface area contributed by atoms with Gasteiger partial charge in [0, 0.05) is 4.47 Å². The first-order valence-corrected chi connectivity index (χ1v) is 10.5. The topological polar surface area (TPSA) is 32.3 Å².